The Balaban J connectivity index is 1.48. The maximum atomic E-state index is 13.5. The lowest BCUT2D eigenvalue weighted by Crippen LogP contribution is -2.69. The van der Waals surface area contributed by atoms with Gasteiger partial charge in [0.15, 0.2) is 0 Å². The first-order valence-electron chi connectivity index (χ1n) is 12.3. The van der Waals surface area contributed by atoms with Crippen molar-refractivity contribution in [3.63, 3.8) is 0 Å². The number of amides is 1. The molecule has 6 rings (SSSR count). The van der Waals surface area contributed by atoms with Gasteiger partial charge in [-0.1, -0.05) is 25.5 Å². The van der Waals surface area contributed by atoms with Gasteiger partial charge in [0.05, 0.1) is 5.52 Å². The van der Waals surface area contributed by atoms with Crippen LogP contribution in [-0.2, 0) is 0 Å². The number of carbonyl (C=O) groups is 1. The third kappa shape index (κ3) is 3.35. The van der Waals surface area contributed by atoms with Crippen LogP contribution in [0.25, 0.3) is 10.9 Å². The van der Waals surface area contributed by atoms with Crippen LogP contribution < -0.4 is 10.9 Å². The summed E-state index contributed by atoms with van der Waals surface area (Å²) in [6, 6.07) is 8.18. The smallest absolute Gasteiger partial charge is 0.267 e. The molecular formula is C26H35N3O3. The number of nitrogens with one attached hydrogen (secondary N) is 1. The number of hydrogen-bond acceptors (Lipinski definition) is 4. The first-order valence-corrected chi connectivity index (χ1v) is 12.3. The Morgan fingerprint density at radius 2 is 1.88 bits per heavy atom. The van der Waals surface area contributed by atoms with Gasteiger partial charge < -0.3 is 15.0 Å². The van der Waals surface area contributed by atoms with Gasteiger partial charge >= 0.3 is 0 Å². The summed E-state index contributed by atoms with van der Waals surface area (Å²) in [5.41, 5.74) is -0.134. The molecule has 2 aliphatic heterocycles. The van der Waals surface area contributed by atoms with E-state index in [1.807, 2.05) is 32.0 Å². The van der Waals surface area contributed by atoms with Crippen molar-refractivity contribution in [2.45, 2.75) is 89.4 Å². The number of piperidine rings is 2. The Morgan fingerprint density at radius 1 is 1.19 bits per heavy atom. The zero-order valence-corrected chi connectivity index (χ0v) is 19.4. The summed E-state index contributed by atoms with van der Waals surface area (Å²) in [6.45, 7) is 7.24. The van der Waals surface area contributed by atoms with Gasteiger partial charge in [0.1, 0.15) is 11.3 Å². The highest BCUT2D eigenvalue weighted by atomic mass is 16.3. The van der Waals surface area contributed by atoms with E-state index in [4.69, 9.17) is 0 Å². The molecule has 0 spiro atoms. The minimum atomic E-state index is -0.422. The van der Waals surface area contributed by atoms with Crippen LogP contribution in [-0.4, -0.2) is 44.6 Å². The first kappa shape index (κ1) is 21.5. The molecule has 2 N–H and O–H groups in total. The second-order valence-corrected chi connectivity index (χ2v) is 10.6. The fourth-order valence-corrected chi connectivity index (χ4v) is 6.94. The summed E-state index contributed by atoms with van der Waals surface area (Å²) < 4.78 is 1.62. The number of hydrogen-bond donors (Lipinski definition) is 2. The van der Waals surface area contributed by atoms with Gasteiger partial charge in [-0.25, -0.2) is 0 Å². The van der Waals surface area contributed by atoms with E-state index in [1.54, 1.807) is 10.6 Å². The molecule has 4 fully saturated rings. The lowest BCUT2D eigenvalue weighted by Gasteiger charge is -2.61. The predicted octanol–water partition coefficient (Wildman–Crippen LogP) is 4.20. The number of carbonyl (C=O) groups excluding carboxylic acids is 1. The molecule has 172 valence electrons. The molecule has 32 heavy (non-hydrogen) atoms. The van der Waals surface area contributed by atoms with Gasteiger partial charge in [0.2, 0.25) is 0 Å². The number of aromatic hydroxyl groups is 1. The number of nitrogens with zero attached hydrogens (tertiary/aromatic N) is 2. The minimum Gasteiger partial charge on any atom is -0.506 e. The van der Waals surface area contributed by atoms with Crippen molar-refractivity contribution in [3.05, 3.63) is 40.2 Å². The van der Waals surface area contributed by atoms with Crippen LogP contribution in [0.1, 0.15) is 82.1 Å². The summed E-state index contributed by atoms with van der Waals surface area (Å²) >= 11 is 0. The van der Waals surface area contributed by atoms with E-state index in [2.05, 4.69) is 17.1 Å². The average Bonchev–Trinajstić information content (AvgIpc) is 2.72. The van der Waals surface area contributed by atoms with E-state index in [0.29, 0.717) is 28.9 Å². The SMILES string of the molecule is CCCCN1C2CC3CC1CC(NC(=O)c1c(O)c4ccccc4n(C(C)C)c1=O)(C3)C2. The van der Waals surface area contributed by atoms with Crippen molar-refractivity contribution in [2.75, 3.05) is 6.54 Å². The molecule has 1 amide bonds. The lowest BCUT2D eigenvalue weighted by atomic mass is 9.59. The summed E-state index contributed by atoms with van der Waals surface area (Å²) in [6.07, 6.45) is 7.74. The zero-order valence-electron chi connectivity index (χ0n) is 19.4. The Bertz CT molecular complexity index is 1090. The second-order valence-electron chi connectivity index (χ2n) is 10.6. The summed E-state index contributed by atoms with van der Waals surface area (Å²) in [7, 11) is 0. The van der Waals surface area contributed by atoms with E-state index >= 15 is 0 Å². The minimum absolute atomic E-state index is 0.115. The number of pyridine rings is 1. The molecule has 4 aliphatic rings. The maximum Gasteiger partial charge on any atom is 0.267 e. The molecule has 0 radical (unpaired) electrons. The third-order valence-electron chi connectivity index (χ3n) is 8.06. The molecule has 4 bridgehead atoms. The molecule has 2 atom stereocenters. The number of unbranched alkanes of at least 4 members (excludes halogenated alkanes) is 1. The number of benzene rings is 1. The number of para-hydroxylation sites is 1. The van der Waals surface area contributed by atoms with E-state index in [1.165, 1.54) is 25.7 Å². The largest absolute Gasteiger partial charge is 0.506 e. The van der Waals surface area contributed by atoms with Crippen LogP contribution in [0.2, 0.25) is 0 Å². The molecule has 1 aromatic carbocycles. The monoisotopic (exact) mass is 437 g/mol. The van der Waals surface area contributed by atoms with E-state index < -0.39 is 11.5 Å². The highest BCUT2D eigenvalue weighted by Crippen LogP contribution is 2.51. The van der Waals surface area contributed by atoms with Crippen molar-refractivity contribution < 1.29 is 9.90 Å². The highest BCUT2D eigenvalue weighted by molar-refractivity contribution is 6.02. The molecule has 2 unspecified atom stereocenters. The molecular weight excluding hydrogens is 402 g/mol. The van der Waals surface area contributed by atoms with Gasteiger partial charge in [-0.3, -0.25) is 14.5 Å². The number of rotatable bonds is 6. The van der Waals surface area contributed by atoms with Crippen molar-refractivity contribution >= 4 is 16.8 Å². The Labute approximate surface area is 189 Å². The third-order valence-corrected chi connectivity index (χ3v) is 8.06. The lowest BCUT2D eigenvalue weighted by molar-refractivity contribution is -0.0800. The van der Waals surface area contributed by atoms with E-state index in [-0.39, 0.29) is 22.9 Å². The summed E-state index contributed by atoms with van der Waals surface area (Å²) in [4.78, 5) is 29.6. The van der Waals surface area contributed by atoms with Gasteiger partial charge in [-0.15, -0.1) is 0 Å². The van der Waals surface area contributed by atoms with Crippen LogP contribution in [0.4, 0.5) is 0 Å². The molecule has 2 saturated carbocycles. The quantitative estimate of drug-likeness (QED) is 0.710. The summed E-state index contributed by atoms with van der Waals surface area (Å²) in [5.74, 6) is 0.0206. The Hall–Kier alpha value is -2.34. The van der Waals surface area contributed by atoms with Crippen LogP contribution in [0.3, 0.4) is 0 Å². The first-order chi connectivity index (χ1) is 15.3. The van der Waals surface area contributed by atoms with Crippen molar-refractivity contribution in [1.82, 2.24) is 14.8 Å². The van der Waals surface area contributed by atoms with Gasteiger partial charge in [-0.2, -0.15) is 0 Å². The van der Waals surface area contributed by atoms with Crippen molar-refractivity contribution in [2.24, 2.45) is 5.92 Å². The Morgan fingerprint density at radius 3 is 2.53 bits per heavy atom. The number of aromatic nitrogens is 1. The standard InChI is InChI=1S/C26H35N3O3/c1-4-5-10-28-18-11-17-12-19(28)15-26(13-17,14-18)27-24(31)22-23(30)20-8-6-7-9-21(20)29(16(2)3)25(22)32/h6-9,16-19,30H,4-5,10-15H2,1-3H3,(H,27,31). The van der Waals surface area contributed by atoms with Gasteiger partial charge in [0, 0.05) is 29.1 Å². The fourth-order valence-electron chi connectivity index (χ4n) is 6.94. The topological polar surface area (TPSA) is 74.6 Å². The van der Waals surface area contributed by atoms with Crippen LogP contribution >= 0.6 is 0 Å². The number of fused-ring (bicyclic) bond motifs is 1. The molecule has 3 heterocycles. The van der Waals surface area contributed by atoms with Crippen molar-refractivity contribution in [1.29, 1.82) is 0 Å². The predicted molar refractivity (Wildman–Crippen MR) is 126 cm³/mol. The van der Waals surface area contributed by atoms with Crippen LogP contribution in [0.15, 0.2) is 29.1 Å². The maximum absolute atomic E-state index is 13.5. The molecule has 6 nitrogen and oxygen atoms in total. The van der Waals surface area contributed by atoms with Gasteiger partial charge in [-0.05, 0) is 77.0 Å². The molecule has 1 aromatic heterocycles. The normalized spacial score (nSPS) is 29.2. The zero-order chi connectivity index (χ0) is 22.6. The summed E-state index contributed by atoms with van der Waals surface area (Å²) in [5, 5.41) is 14.8. The van der Waals surface area contributed by atoms with Gasteiger partial charge in [0.25, 0.3) is 11.5 Å². The second kappa shape index (κ2) is 7.91. The van der Waals surface area contributed by atoms with Crippen molar-refractivity contribution in [3.8, 4) is 5.75 Å². The highest BCUT2D eigenvalue weighted by Gasteiger charge is 2.55. The Kier molecular flexibility index (Phi) is 5.31. The van der Waals surface area contributed by atoms with Crippen LogP contribution in [0, 0.1) is 5.92 Å². The molecule has 6 heteroatoms. The van der Waals surface area contributed by atoms with Crippen LogP contribution in [0.5, 0.6) is 5.75 Å². The molecule has 2 aromatic rings. The average molecular weight is 438 g/mol. The van der Waals surface area contributed by atoms with E-state index in [9.17, 15) is 14.7 Å². The fraction of sp³-hybridized carbons (Fsp3) is 0.615. The molecule has 2 saturated heterocycles. The van der Waals surface area contributed by atoms with E-state index in [0.717, 1.165) is 25.8 Å². The molecule has 2 aliphatic carbocycles.